The van der Waals surface area contributed by atoms with E-state index in [-0.39, 0.29) is 30.2 Å². The van der Waals surface area contributed by atoms with Gasteiger partial charge in [-0.05, 0) is 39.7 Å². The van der Waals surface area contributed by atoms with Crippen molar-refractivity contribution in [2.75, 3.05) is 13.2 Å². The fourth-order valence-electron chi connectivity index (χ4n) is 3.59. The zero-order chi connectivity index (χ0) is 18.7. The Labute approximate surface area is 177 Å². The van der Waals surface area contributed by atoms with Crippen molar-refractivity contribution in [3.63, 3.8) is 0 Å². The van der Waals surface area contributed by atoms with Gasteiger partial charge in [0, 0.05) is 35.8 Å². The third-order valence-corrected chi connectivity index (χ3v) is 5.10. The van der Waals surface area contributed by atoms with Crippen molar-refractivity contribution in [1.29, 1.82) is 0 Å². The Morgan fingerprint density at radius 2 is 1.86 bits per heavy atom. The lowest BCUT2D eigenvalue weighted by molar-refractivity contribution is 0.0438. The molecule has 3 atom stereocenters. The summed E-state index contributed by atoms with van der Waals surface area (Å²) in [4.78, 5) is 4.36. The van der Waals surface area contributed by atoms with E-state index < -0.39 is 12.2 Å². The highest BCUT2D eigenvalue weighted by Gasteiger charge is 2.44. The lowest BCUT2D eigenvalue weighted by Crippen LogP contribution is -2.38. The molecule has 2 heterocycles. The second kappa shape index (κ2) is 10.4. The highest BCUT2D eigenvalue weighted by Crippen LogP contribution is 2.38. The van der Waals surface area contributed by atoms with Crippen LogP contribution in [0.4, 0.5) is 0 Å². The highest BCUT2D eigenvalue weighted by molar-refractivity contribution is 5.85. The van der Waals surface area contributed by atoms with E-state index in [2.05, 4.69) is 15.5 Å². The van der Waals surface area contributed by atoms with Gasteiger partial charge in [-0.15, -0.1) is 24.8 Å². The van der Waals surface area contributed by atoms with Gasteiger partial charge in [0.1, 0.15) is 5.76 Å². The molecule has 0 aromatic carbocycles. The van der Waals surface area contributed by atoms with Gasteiger partial charge in [-0.1, -0.05) is 11.2 Å². The van der Waals surface area contributed by atoms with Gasteiger partial charge in [-0.25, -0.2) is 4.98 Å². The molecule has 7 nitrogen and oxygen atoms in total. The number of aliphatic hydroxyl groups excluding tert-OH is 2. The van der Waals surface area contributed by atoms with Gasteiger partial charge in [-0.3, -0.25) is 0 Å². The average Bonchev–Trinajstić information content (AvgIpc) is 3.06. The van der Waals surface area contributed by atoms with Crippen LogP contribution in [0.3, 0.4) is 0 Å². The Bertz CT molecular complexity index is 727. The third-order valence-electron chi connectivity index (χ3n) is 5.10. The van der Waals surface area contributed by atoms with E-state index in [0.717, 1.165) is 22.7 Å². The molecule has 3 rings (SSSR count). The molecule has 2 aromatic rings. The molecule has 0 aliphatic heterocycles. The van der Waals surface area contributed by atoms with Crippen LogP contribution in [0, 0.1) is 26.2 Å². The highest BCUT2D eigenvalue weighted by atomic mass is 35.5. The van der Waals surface area contributed by atoms with Gasteiger partial charge in [0.25, 0.3) is 0 Å². The van der Waals surface area contributed by atoms with E-state index in [0.29, 0.717) is 38.4 Å². The number of ether oxygens (including phenoxy) is 1. The smallest absolute Gasteiger partial charge is 0.213 e. The van der Waals surface area contributed by atoms with Crippen molar-refractivity contribution in [1.82, 2.24) is 15.5 Å². The fraction of sp³-hybridized carbons (Fsp3) is 0.579. The van der Waals surface area contributed by atoms with Crippen LogP contribution in [0.5, 0.6) is 5.88 Å². The first-order valence-corrected chi connectivity index (χ1v) is 8.94. The summed E-state index contributed by atoms with van der Waals surface area (Å²) in [7, 11) is 0. The summed E-state index contributed by atoms with van der Waals surface area (Å²) in [5.41, 5.74) is 2.44. The third kappa shape index (κ3) is 5.81. The number of halogens is 2. The summed E-state index contributed by atoms with van der Waals surface area (Å²) in [5.74, 6) is 1.36. The molecule has 1 unspecified atom stereocenters. The molecule has 3 N–H and O–H groups in total. The van der Waals surface area contributed by atoms with Crippen molar-refractivity contribution < 1.29 is 19.5 Å². The molecule has 158 valence electrons. The van der Waals surface area contributed by atoms with Crippen LogP contribution in [0.1, 0.15) is 35.6 Å². The van der Waals surface area contributed by atoms with Crippen molar-refractivity contribution in [2.45, 2.75) is 52.4 Å². The van der Waals surface area contributed by atoms with Crippen LogP contribution in [0.2, 0.25) is 0 Å². The van der Waals surface area contributed by atoms with E-state index in [1.54, 1.807) is 0 Å². The normalized spacial score (nSPS) is 23.8. The number of aliphatic hydroxyl groups is 2. The van der Waals surface area contributed by atoms with Crippen LogP contribution >= 0.6 is 24.8 Å². The summed E-state index contributed by atoms with van der Waals surface area (Å²) in [5, 5.41) is 27.5. The molecule has 28 heavy (non-hydrogen) atoms. The molecular formula is C19H29Cl2N3O4. The number of nitrogens with zero attached hydrogens (tertiary/aromatic N) is 2. The maximum Gasteiger partial charge on any atom is 0.213 e. The zero-order valence-corrected chi connectivity index (χ0v) is 18.0. The first-order chi connectivity index (χ1) is 12.4. The summed E-state index contributed by atoms with van der Waals surface area (Å²) in [6.07, 6.45) is -0.502. The van der Waals surface area contributed by atoms with Gasteiger partial charge >= 0.3 is 0 Å². The Kier molecular flexibility index (Phi) is 9.17. The number of nitrogens with one attached hydrogen (secondary N) is 1. The van der Waals surface area contributed by atoms with Crippen molar-refractivity contribution >= 4 is 24.8 Å². The molecule has 0 radical (unpaired) electrons. The van der Waals surface area contributed by atoms with E-state index in [1.165, 1.54) is 0 Å². The minimum Gasteiger partial charge on any atom is -0.477 e. The molecule has 0 bridgehead atoms. The van der Waals surface area contributed by atoms with Crippen LogP contribution in [-0.2, 0) is 6.54 Å². The predicted octanol–water partition coefficient (Wildman–Crippen LogP) is 2.51. The Morgan fingerprint density at radius 3 is 2.43 bits per heavy atom. The topological polar surface area (TPSA) is 101 Å². The first kappa shape index (κ1) is 24.7. The van der Waals surface area contributed by atoms with Crippen LogP contribution in [-0.4, -0.2) is 45.7 Å². The summed E-state index contributed by atoms with van der Waals surface area (Å²) >= 11 is 0. The lowest BCUT2D eigenvalue weighted by atomic mass is 9.86. The monoisotopic (exact) mass is 433 g/mol. The SMILES string of the molecule is Cc1cccc(OCC2(CNCc3c(C)noc3C)C[C@@H](O)[C@@H](O)C2)n1.Cl.Cl. The van der Waals surface area contributed by atoms with Crippen molar-refractivity contribution in [3.8, 4) is 5.88 Å². The first-order valence-electron chi connectivity index (χ1n) is 8.94. The van der Waals surface area contributed by atoms with Gasteiger partial charge in [-0.2, -0.15) is 0 Å². The fourth-order valence-corrected chi connectivity index (χ4v) is 3.59. The quantitative estimate of drug-likeness (QED) is 0.616. The number of hydrogen-bond acceptors (Lipinski definition) is 7. The molecule has 0 spiro atoms. The molecule has 1 aliphatic rings. The Hall–Kier alpha value is -1.38. The number of aryl methyl sites for hydroxylation is 3. The molecule has 1 saturated carbocycles. The van der Waals surface area contributed by atoms with Crippen LogP contribution < -0.4 is 10.1 Å². The molecule has 2 aromatic heterocycles. The van der Waals surface area contributed by atoms with Crippen LogP contribution in [0.25, 0.3) is 0 Å². The van der Waals surface area contributed by atoms with Crippen LogP contribution in [0.15, 0.2) is 22.7 Å². The maximum atomic E-state index is 10.1. The summed E-state index contributed by atoms with van der Waals surface area (Å²) in [6, 6.07) is 5.63. The number of hydrogen-bond donors (Lipinski definition) is 3. The molecule has 9 heteroatoms. The molecule has 0 saturated heterocycles. The summed E-state index contributed by atoms with van der Waals surface area (Å²) in [6.45, 7) is 7.33. The second-order valence-electron chi connectivity index (χ2n) is 7.36. The molecule has 0 amide bonds. The van der Waals surface area contributed by atoms with Gasteiger partial charge in [0.05, 0.1) is 24.5 Å². The number of rotatable bonds is 7. The number of pyridine rings is 1. The van der Waals surface area contributed by atoms with E-state index in [4.69, 9.17) is 9.26 Å². The minimum absolute atomic E-state index is 0. The van der Waals surface area contributed by atoms with Gasteiger partial charge < -0.3 is 24.8 Å². The number of aromatic nitrogens is 2. The Balaban J connectivity index is 0.00000196. The molecule has 1 fully saturated rings. The van der Waals surface area contributed by atoms with E-state index in [9.17, 15) is 10.2 Å². The molecule has 1 aliphatic carbocycles. The maximum absolute atomic E-state index is 10.1. The van der Waals surface area contributed by atoms with Crippen molar-refractivity contribution in [2.24, 2.45) is 5.41 Å². The van der Waals surface area contributed by atoms with Gasteiger partial charge in [0.2, 0.25) is 5.88 Å². The van der Waals surface area contributed by atoms with Crippen molar-refractivity contribution in [3.05, 3.63) is 40.9 Å². The predicted molar refractivity (Wildman–Crippen MR) is 110 cm³/mol. The largest absolute Gasteiger partial charge is 0.477 e. The summed E-state index contributed by atoms with van der Waals surface area (Å²) < 4.78 is 11.1. The Morgan fingerprint density at radius 1 is 1.18 bits per heavy atom. The van der Waals surface area contributed by atoms with Gasteiger partial charge in [0.15, 0.2) is 0 Å². The standard InChI is InChI=1S/C19H27N3O4.2ClH/c1-12-5-4-6-18(21-12)25-11-19(7-16(23)17(24)8-19)10-20-9-15-13(2)22-26-14(15)3;;/h4-6,16-17,20,23-24H,7-11H2,1-3H3;2*1H/t16-,17+,19?;;. The van der Waals surface area contributed by atoms with E-state index >= 15 is 0 Å². The zero-order valence-electron chi connectivity index (χ0n) is 16.3. The average molecular weight is 434 g/mol. The minimum atomic E-state index is -0.732. The second-order valence-corrected chi connectivity index (χ2v) is 7.36. The van der Waals surface area contributed by atoms with E-state index in [1.807, 2.05) is 39.0 Å². The lowest BCUT2D eigenvalue weighted by Gasteiger charge is -2.29. The molecular weight excluding hydrogens is 405 g/mol.